The van der Waals surface area contributed by atoms with E-state index in [0.717, 1.165) is 37.1 Å². The van der Waals surface area contributed by atoms with Crippen LogP contribution in [0.4, 0.5) is 0 Å². The zero-order chi connectivity index (χ0) is 30.0. The Morgan fingerprint density at radius 2 is 1.93 bits per heavy atom. The number of hydrogen-bond acceptors (Lipinski definition) is 9. The van der Waals surface area contributed by atoms with E-state index < -0.39 is 30.1 Å². The Morgan fingerprint density at radius 1 is 1.23 bits per heavy atom. The van der Waals surface area contributed by atoms with Crippen LogP contribution >= 0.6 is 11.3 Å². The van der Waals surface area contributed by atoms with Gasteiger partial charge in [-0.25, -0.2) is 9.78 Å². The number of likely N-dealkylation sites (N-methyl/N-ethyl adjacent to an activating group) is 1. The molecule has 1 aliphatic heterocycles. The number of esters is 1. The topological polar surface area (TPSA) is 149 Å². The molecular weight excluding hydrogens is 536 g/mol. The third-order valence-corrected chi connectivity index (χ3v) is 8.56. The van der Waals surface area contributed by atoms with Crippen molar-refractivity contribution >= 4 is 35.1 Å². The highest BCUT2D eigenvalue weighted by molar-refractivity contribution is 7.09. The molecule has 1 aromatic rings. The normalized spacial score (nSPS) is 18.9. The van der Waals surface area contributed by atoms with E-state index in [1.54, 1.807) is 0 Å². The minimum absolute atomic E-state index is 0.0494. The number of aromatic carboxylic acids is 1. The van der Waals surface area contributed by atoms with Gasteiger partial charge in [-0.05, 0) is 44.7 Å². The molecule has 12 heteroatoms. The van der Waals surface area contributed by atoms with Crippen LogP contribution in [0.1, 0.15) is 101 Å². The second-order valence-electron chi connectivity index (χ2n) is 11.0. The number of ether oxygens (including phenoxy) is 1. The number of carbonyl (C=O) groups excluding carboxylic acids is 3. The molecule has 5 atom stereocenters. The Hall–Kier alpha value is -2.57. The maximum absolute atomic E-state index is 14.2. The molecule has 40 heavy (non-hydrogen) atoms. The Bertz CT molecular complexity index is 1000. The Balaban J connectivity index is 2.37. The lowest BCUT2D eigenvalue weighted by Gasteiger charge is -2.39. The fourth-order valence-corrected chi connectivity index (χ4v) is 5.68. The fourth-order valence-electron chi connectivity index (χ4n) is 4.89. The van der Waals surface area contributed by atoms with E-state index >= 15 is 0 Å². The standard InChI is InChI=1S/C28H46N4O7S/c1-7-11-23(34)39-16-32(21(17(3)4)14-22(33)26-29-19(15-40-26)28(37)38)27(36)24(18(5)8-2)30-25(35)20-12-9-10-13-31(20)6/h15,17-18,20-22,24,33H,7-14,16H2,1-6H3,(H,30,35)(H,37,38)/t18?,20-,21-,22-,24+/m1/s1. The fraction of sp³-hybridized carbons (Fsp3) is 0.750. The van der Waals surface area contributed by atoms with E-state index in [-0.39, 0.29) is 60.0 Å². The van der Waals surface area contributed by atoms with Gasteiger partial charge in [-0.2, -0.15) is 0 Å². The van der Waals surface area contributed by atoms with Gasteiger partial charge in [0.1, 0.15) is 17.2 Å². The van der Waals surface area contributed by atoms with Gasteiger partial charge in [-0.3, -0.25) is 19.3 Å². The molecule has 1 unspecified atom stereocenters. The molecule has 1 saturated heterocycles. The summed E-state index contributed by atoms with van der Waals surface area (Å²) in [5.74, 6) is -2.59. The Labute approximate surface area is 241 Å². The molecule has 1 aromatic heterocycles. The third kappa shape index (κ3) is 9.24. The van der Waals surface area contributed by atoms with Crippen molar-refractivity contribution in [3.63, 3.8) is 0 Å². The molecule has 0 radical (unpaired) electrons. The van der Waals surface area contributed by atoms with E-state index in [1.165, 1.54) is 10.3 Å². The molecule has 11 nitrogen and oxygen atoms in total. The molecule has 2 amide bonds. The highest BCUT2D eigenvalue weighted by Crippen LogP contribution is 2.29. The van der Waals surface area contributed by atoms with Crippen LogP contribution in [-0.4, -0.2) is 87.2 Å². The molecule has 2 heterocycles. The predicted molar refractivity (Wildman–Crippen MR) is 152 cm³/mol. The van der Waals surface area contributed by atoms with Crippen molar-refractivity contribution in [2.75, 3.05) is 20.3 Å². The lowest BCUT2D eigenvalue weighted by molar-refractivity contribution is -0.159. The predicted octanol–water partition coefficient (Wildman–Crippen LogP) is 3.43. The molecule has 0 saturated carbocycles. The second kappa shape index (κ2) is 16.0. The molecule has 1 fully saturated rings. The zero-order valence-corrected chi connectivity index (χ0v) is 25.4. The maximum atomic E-state index is 14.2. The molecule has 2 rings (SSSR count). The first-order valence-corrected chi connectivity index (χ1v) is 15.1. The lowest BCUT2D eigenvalue weighted by Crippen LogP contribution is -2.59. The minimum atomic E-state index is -1.19. The summed E-state index contributed by atoms with van der Waals surface area (Å²) in [6.07, 6.45) is 3.02. The number of hydrogen-bond donors (Lipinski definition) is 3. The number of nitrogens with zero attached hydrogens (tertiary/aromatic N) is 3. The summed E-state index contributed by atoms with van der Waals surface area (Å²) >= 11 is 1.03. The van der Waals surface area contributed by atoms with Crippen molar-refractivity contribution in [1.82, 2.24) is 20.1 Å². The minimum Gasteiger partial charge on any atom is -0.476 e. The van der Waals surface area contributed by atoms with Crippen LogP contribution in [0.15, 0.2) is 5.38 Å². The van der Waals surface area contributed by atoms with Crippen molar-refractivity contribution in [2.45, 2.75) is 104 Å². The summed E-state index contributed by atoms with van der Waals surface area (Å²) in [6, 6.07) is -1.76. The van der Waals surface area contributed by atoms with Crippen molar-refractivity contribution in [3.8, 4) is 0 Å². The SMILES string of the molecule is CCCC(=O)OCN(C(=O)[C@@H](NC(=O)[C@H]1CCCCN1C)C(C)CC)[C@H](C[C@@H](O)c1nc(C(=O)O)cs1)C(C)C. The van der Waals surface area contributed by atoms with Gasteiger partial charge in [0.15, 0.2) is 12.4 Å². The van der Waals surface area contributed by atoms with Crippen molar-refractivity contribution in [1.29, 1.82) is 0 Å². The van der Waals surface area contributed by atoms with Crippen molar-refractivity contribution in [3.05, 3.63) is 16.1 Å². The number of likely N-dealkylation sites (tertiary alicyclic amines) is 1. The molecule has 226 valence electrons. The van der Waals surface area contributed by atoms with Gasteiger partial charge in [-0.15, -0.1) is 11.3 Å². The summed E-state index contributed by atoms with van der Waals surface area (Å²) < 4.78 is 5.49. The van der Waals surface area contributed by atoms with E-state index in [1.807, 2.05) is 46.6 Å². The summed E-state index contributed by atoms with van der Waals surface area (Å²) in [6.45, 7) is 9.98. The summed E-state index contributed by atoms with van der Waals surface area (Å²) in [5.41, 5.74) is -0.159. The van der Waals surface area contributed by atoms with Gasteiger partial charge >= 0.3 is 11.9 Å². The second-order valence-corrected chi connectivity index (χ2v) is 11.9. The maximum Gasteiger partial charge on any atom is 0.355 e. The van der Waals surface area contributed by atoms with Crippen LogP contribution in [0.5, 0.6) is 0 Å². The van der Waals surface area contributed by atoms with Gasteiger partial charge in [0.05, 0.1) is 6.04 Å². The lowest BCUT2D eigenvalue weighted by atomic mass is 9.92. The molecule has 0 bridgehead atoms. The first kappa shape index (κ1) is 33.6. The zero-order valence-electron chi connectivity index (χ0n) is 24.6. The number of carbonyl (C=O) groups is 4. The van der Waals surface area contributed by atoms with Crippen molar-refractivity contribution < 1.29 is 34.1 Å². The van der Waals surface area contributed by atoms with Crippen LogP contribution in [0.2, 0.25) is 0 Å². The van der Waals surface area contributed by atoms with E-state index in [9.17, 15) is 29.4 Å². The first-order valence-electron chi connectivity index (χ1n) is 14.2. The number of carboxylic acids is 1. The van der Waals surface area contributed by atoms with Crippen LogP contribution in [0.25, 0.3) is 0 Å². The van der Waals surface area contributed by atoms with Gasteiger partial charge in [0.25, 0.3) is 0 Å². The smallest absolute Gasteiger partial charge is 0.355 e. The number of aliphatic hydroxyl groups excluding tert-OH is 1. The van der Waals surface area contributed by atoms with Crippen LogP contribution < -0.4 is 5.32 Å². The number of piperidine rings is 1. The summed E-state index contributed by atoms with van der Waals surface area (Å²) in [5, 5.41) is 24.8. The molecule has 0 aromatic carbocycles. The van der Waals surface area contributed by atoms with E-state index in [4.69, 9.17) is 4.74 Å². The molecule has 0 spiro atoms. The van der Waals surface area contributed by atoms with Crippen LogP contribution in [-0.2, 0) is 19.1 Å². The molecule has 3 N–H and O–H groups in total. The highest BCUT2D eigenvalue weighted by Gasteiger charge is 2.38. The average Bonchev–Trinajstić information content (AvgIpc) is 3.41. The van der Waals surface area contributed by atoms with Crippen LogP contribution in [0, 0.1) is 11.8 Å². The third-order valence-electron chi connectivity index (χ3n) is 7.61. The highest BCUT2D eigenvalue weighted by atomic mass is 32.1. The van der Waals surface area contributed by atoms with Gasteiger partial charge < -0.3 is 25.2 Å². The molecule has 1 aliphatic rings. The van der Waals surface area contributed by atoms with Crippen molar-refractivity contribution in [2.24, 2.45) is 11.8 Å². The number of rotatable bonds is 15. The summed E-state index contributed by atoms with van der Waals surface area (Å²) in [4.78, 5) is 58.6. The number of nitrogens with one attached hydrogen (secondary N) is 1. The Kier molecular flexibility index (Phi) is 13.5. The van der Waals surface area contributed by atoms with Gasteiger partial charge in [-0.1, -0.05) is 47.5 Å². The van der Waals surface area contributed by atoms with Crippen LogP contribution in [0.3, 0.4) is 0 Å². The Morgan fingerprint density at radius 3 is 2.48 bits per heavy atom. The number of aliphatic hydroxyl groups is 1. The van der Waals surface area contributed by atoms with E-state index in [0.29, 0.717) is 12.8 Å². The quantitative estimate of drug-likeness (QED) is 0.209. The van der Waals surface area contributed by atoms with E-state index in [2.05, 4.69) is 10.3 Å². The monoisotopic (exact) mass is 582 g/mol. The molecule has 0 aliphatic carbocycles. The molecular formula is C28H46N4O7S. The van der Waals surface area contributed by atoms with Gasteiger partial charge in [0.2, 0.25) is 11.8 Å². The first-order chi connectivity index (χ1) is 18.9. The van der Waals surface area contributed by atoms with Gasteiger partial charge in [0, 0.05) is 24.3 Å². The average molecular weight is 583 g/mol. The summed E-state index contributed by atoms with van der Waals surface area (Å²) in [7, 11) is 1.91. The number of carboxylic acid groups (broad SMARTS) is 1. The number of amides is 2. The number of aromatic nitrogens is 1. The number of thiazole rings is 1. The largest absolute Gasteiger partial charge is 0.476 e.